The van der Waals surface area contributed by atoms with Crippen molar-refractivity contribution in [3.63, 3.8) is 0 Å². The van der Waals surface area contributed by atoms with Gasteiger partial charge in [-0.1, -0.05) is 13.3 Å². The summed E-state index contributed by atoms with van der Waals surface area (Å²) in [6.07, 6.45) is 6.51. The highest BCUT2D eigenvalue weighted by Crippen LogP contribution is 2.32. The van der Waals surface area contributed by atoms with Crippen molar-refractivity contribution in [2.24, 2.45) is 11.7 Å². The Morgan fingerprint density at radius 1 is 1.44 bits per heavy atom. The van der Waals surface area contributed by atoms with Crippen LogP contribution in [-0.4, -0.2) is 29.4 Å². The molecule has 0 spiro atoms. The molecule has 94 valence electrons. The second-order valence-electron chi connectivity index (χ2n) is 5.18. The molecule has 16 heavy (non-hydrogen) atoms. The van der Waals surface area contributed by atoms with Gasteiger partial charge in [-0.2, -0.15) is 0 Å². The zero-order valence-electron chi connectivity index (χ0n) is 10.1. The Labute approximate surface area is 104 Å². The maximum atomic E-state index is 12.2. The Morgan fingerprint density at radius 2 is 2.12 bits per heavy atom. The fourth-order valence-electron chi connectivity index (χ4n) is 2.67. The van der Waals surface area contributed by atoms with Gasteiger partial charge >= 0.3 is 0 Å². The first-order valence-electron chi connectivity index (χ1n) is 6.24. The van der Waals surface area contributed by atoms with E-state index < -0.39 is 5.54 Å². The predicted octanol–water partition coefficient (Wildman–Crippen LogP) is 1.94. The highest BCUT2D eigenvalue weighted by Gasteiger charge is 2.43. The summed E-state index contributed by atoms with van der Waals surface area (Å²) in [5.74, 6) is 0.915. The molecule has 2 N–H and O–H groups in total. The van der Waals surface area contributed by atoms with Gasteiger partial charge in [-0.15, -0.1) is 12.4 Å². The van der Waals surface area contributed by atoms with Crippen LogP contribution in [0.25, 0.3) is 0 Å². The van der Waals surface area contributed by atoms with Gasteiger partial charge in [0.1, 0.15) is 0 Å². The topological polar surface area (TPSA) is 46.3 Å². The molecule has 1 saturated carbocycles. The number of carbonyl (C=O) groups excluding carboxylic acids is 1. The summed E-state index contributed by atoms with van der Waals surface area (Å²) < 4.78 is 0. The Morgan fingerprint density at radius 3 is 2.62 bits per heavy atom. The van der Waals surface area contributed by atoms with E-state index in [1.165, 1.54) is 12.8 Å². The average Bonchev–Trinajstić information content (AvgIpc) is 2.25. The summed E-state index contributed by atoms with van der Waals surface area (Å²) in [6.45, 7) is 4.07. The highest BCUT2D eigenvalue weighted by molar-refractivity contribution is 5.87. The van der Waals surface area contributed by atoms with Crippen molar-refractivity contribution in [1.29, 1.82) is 0 Å². The number of nitrogens with zero attached hydrogens (tertiary/aromatic N) is 1. The van der Waals surface area contributed by atoms with Crippen LogP contribution in [-0.2, 0) is 4.79 Å². The Bertz CT molecular complexity index is 253. The van der Waals surface area contributed by atoms with Gasteiger partial charge in [0, 0.05) is 13.1 Å². The molecule has 1 amide bonds. The Hall–Kier alpha value is -0.280. The summed E-state index contributed by atoms with van der Waals surface area (Å²) in [5.41, 5.74) is 5.58. The summed E-state index contributed by atoms with van der Waals surface area (Å²) >= 11 is 0. The van der Waals surface area contributed by atoms with E-state index in [4.69, 9.17) is 5.73 Å². The van der Waals surface area contributed by atoms with Crippen LogP contribution in [0.3, 0.4) is 0 Å². The minimum Gasteiger partial charge on any atom is -0.341 e. The van der Waals surface area contributed by atoms with Gasteiger partial charge in [-0.05, 0) is 38.0 Å². The van der Waals surface area contributed by atoms with Crippen molar-refractivity contribution in [2.75, 3.05) is 13.1 Å². The predicted molar refractivity (Wildman–Crippen MR) is 67.6 cm³/mol. The normalized spacial score (nSPS) is 27.9. The third-order valence-corrected chi connectivity index (χ3v) is 4.06. The first-order valence-corrected chi connectivity index (χ1v) is 6.24. The second kappa shape index (κ2) is 5.37. The second-order valence-corrected chi connectivity index (χ2v) is 5.18. The smallest absolute Gasteiger partial charge is 0.242 e. The average molecular weight is 247 g/mol. The minimum atomic E-state index is -0.490. The molecule has 4 heteroatoms. The fraction of sp³-hybridized carbons (Fsp3) is 0.917. The Balaban J connectivity index is 0.00000128. The van der Waals surface area contributed by atoms with Crippen LogP contribution in [0.5, 0.6) is 0 Å². The molecule has 2 aliphatic rings. The van der Waals surface area contributed by atoms with Crippen molar-refractivity contribution in [3.8, 4) is 0 Å². The molecule has 0 aromatic carbocycles. The standard InChI is InChI=1S/C12H22N2O.ClH/c1-2-10-5-3-8-14(9-10)11(15)12(13)6-4-7-12;/h10H,2-9,13H2,1H3;1H. The van der Waals surface area contributed by atoms with Gasteiger partial charge in [0.15, 0.2) is 0 Å². The number of piperidine rings is 1. The number of rotatable bonds is 2. The minimum absolute atomic E-state index is 0. The van der Waals surface area contributed by atoms with E-state index in [9.17, 15) is 4.79 Å². The molecule has 1 heterocycles. The molecule has 0 radical (unpaired) electrons. The molecule has 2 rings (SSSR count). The molecule has 1 aliphatic carbocycles. The maximum Gasteiger partial charge on any atom is 0.242 e. The van der Waals surface area contributed by atoms with E-state index in [0.717, 1.165) is 38.8 Å². The molecule has 3 nitrogen and oxygen atoms in total. The molecule has 2 fully saturated rings. The van der Waals surface area contributed by atoms with Crippen LogP contribution in [0.15, 0.2) is 0 Å². The molecule has 0 aromatic rings. The van der Waals surface area contributed by atoms with Gasteiger partial charge in [0.05, 0.1) is 5.54 Å². The van der Waals surface area contributed by atoms with E-state index in [1.54, 1.807) is 0 Å². The molecule has 1 aliphatic heterocycles. The first-order chi connectivity index (χ1) is 7.15. The molecular formula is C12H23ClN2O. The lowest BCUT2D eigenvalue weighted by Gasteiger charge is -2.43. The van der Waals surface area contributed by atoms with Gasteiger partial charge < -0.3 is 10.6 Å². The lowest BCUT2D eigenvalue weighted by Crippen LogP contribution is -2.60. The van der Waals surface area contributed by atoms with E-state index in [0.29, 0.717) is 5.92 Å². The van der Waals surface area contributed by atoms with E-state index in [2.05, 4.69) is 6.92 Å². The van der Waals surface area contributed by atoms with Crippen LogP contribution < -0.4 is 5.73 Å². The van der Waals surface area contributed by atoms with Gasteiger partial charge in [0.25, 0.3) is 0 Å². The zero-order chi connectivity index (χ0) is 10.9. The van der Waals surface area contributed by atoms with Gasteiger partial charge in [0.2, 0.25) is 5.91 Å². The quantitative estimate of drug-likeness (QED) is 0.810. The van der Waals surface area contributed by atoms with Crippen molar-refractivity contribution >= 4 is 18.3 Å². The van der Waals surface area contributed by atoms with Crippen LogP contribution in [0.2, 0.25) is 0 Å². The fourth-order valence-corrected chi connectivity index (χ4v) is 2.67. The van der Waals surface area contributed by atoms with Gasteiger partial charge in [-0.25, -0.2) is 0 Å². The number of likely N-dealkylation sites (tertiary alicyclic amines) is 1. The van der Waals surface area contributed by atoms with Crippen molar-refractivity contribution < 1.29 is 4.79 Å². The highest BCUT2D eigenvalue weighted by atomic mass is 35.5. The lowest BCUT2D eigenvalue weighted by molar-refractivity contribution is -0.142. The third-order valence-electron chi connectivity index (χ3n) is 4.06. The van der Waals surface area contributed by atoms with E-state index >= 15 is 0 Å². The summed E-state index contributed by atoms with van der Waals surface area (Å²) in [4.78, 5) is 14.2. The van der Waals surface area contributed by atoms with Crippen LogP contribution in [0, 0.1) is 5.92 Å². The maximum absolute atomic E-state index is 12.2. The summed E-state index contributed by atoms with van der Waals surface area (Å²) in [7, 11) is 0. The van der Waals surface area contributed by atoms with Crippen molar-refractivity contribution in [2.45, 2.75) is 51.0 Å². The first kappa shape index (κ1) is 13.8. The van der Waals surface area contributed by atoms with Crippen molar-refractivity contribution in [1.82, 2.24) is 4.90 Å². The molecule has 0 bridgehead atoms. The number of amides is 1. The molecule has 1 unspecified atom stereocenters. The monoisotopic (exact) mass is 246 g/mol. The SMILES string of the molecule is CCC1CCCN(C(=O)C2(N)CCC2)C1.Cl. The largest absolute Gasteiger partial charge is 0.341 e. The van der Waals surface area contributed by atoms with Crippen LogP contribution in [0.4, 0.5) is 0 Å². The molecule has 1 atom stereocenters. The lowest BCUT2D eigenvalue weighted by atomic mass is 9.76. The molecule has 0 aromatic heterocycles. The summed E-state index contributed by atoms with van der Waals surface area (Å²) in [5, 5.41) is 0. The van der Waals surface area contributed by atoms with Crippen molar-refractivity contribution in [3.05, 3.63) is 0 Å². The summed E-state index contributed by atoms with van der Waals surface area (Å²) in [6, 6.07) is 0. The number of hydrogen-bond acceptors (Lipinski definition) is 2. The number of halogens is 1. The van der Waals surface area contributed by atoms with E-state index in [-0.39, 0.29) is 18.3 Å². The number of carbonyl (C=O) groups is 1. The van der Waals surface area contributed by atoms with Crippen LogP contribution >= 0.6 is 12.4 Å². The molecule has 1 saturated heterocycles. The Kier molecular flexibility index (Phi) is 4.62. The zero-order valence-corrected chi connectivity index (χ0v) is 10.9. The van der Waals surface area contributed by atoms with Crippen LogP contribution in [0.1, 0.15) is 45.4 Å². The van der Waals surface area contributed by atoms with Gasteiger partial charge in [-0.3, -0.25) is 4.79 Å². The number of nitrogens with two attached hydrogens (primary N) is 1. The number of hydrogen-bond donors (Lipinski definition) is 1. The molecular weight excluding hydrogens is 224 g/mol. The third kappa shape index (κ3) is 2.51. The van der Waals surface area contributed by atoms with E-state index in [1.807, 2.05) is 4.90 Å².